The van der Waals surface area contributed by atoms with Crippen molar-refractivity contribution in [2.75, 3.05) is 25.4 Å². The van der Waals surface area contributed by atoms with E-state index in [4.69, 9.17) is 5.73 Å². The van der Waals surface area contributed by atoms with Crippen molar-refractivity contribution in [3.8, 4) is 0 Å². The van der Waals surface area contributed by atoms with Gasteiger partial charge in [-0.25, -0.2) is 0 Å². The number of rotatable bonds is 7. The molecule has 0 spiro atoms. The minimum atomic E-state index is 0. The molecule has 1 aromatic rings. The molecule has 0 bridgehead atoms. The number of benzene rings is 1. The van der Waals surface area contributed by atoms with Crippen LogP contribution in [0.2, 0.25) is 0 Å². The molecule has 0 aliphatic rings. The Bertz CT molecular complexity index is 235. The highest BCUT2D eigenvalue weighted by atomic mass is 35.5. The Morgan fingerprint density at radius 1 is 1.06 bits per heavy atom. The normalized spacial score (nSPS) is 9.06. The summed E-state index contributed by atoms with van der Waals surface area (Å²) in [5.41, 5.74) is 5.39. The second-order valence-electron chi connectivity index (χ2n) is 3.05. The van der Waals surface area contributed by atoms with Gasteiger partial charge in [0.1, 0.15) is 0 Å². The van der Waals surface area contributed by atoms with Gasteiger partial charge in [0.2, 0.25) is 0 Å². The standard InChI is InChI=1S/C11H18N2S.2ClH/c12-7-4-8-13-9-10-14-11-5-2-1-3-6-11;;/h1-3,5-6,13H,4,7-10,12H2;2*1H. The van der Waals surface area contributed by atoms with E-state index in [1.807, 2.05) is 17.8 Å². The Kier molecular flexibility index (Phi) is 15.1. The van der Waals surface area contributed by atoms with Gasteiger partial charge in [0.05, 0.1) is 0 Å². The van der Waals surface area contributed by atoms with Gasteiger partial charge in [-0.05, 0) is 31.6 Å². The highest BCUT2D eigenvalue weighted by Gasteiger charge is 1.91. The predicted molar refractivity (Wildman–Crippen MR) is 78.2 cm³/mol. The van der Waals surface area contributed by atoms with E-state index in [0.29, 0.717) is 0 Å². The molecule has 0 aliphatic carbocycles. The summed E-state index contributed by atoms with van der Waals surface area (Å²) >= 11 is 1.88. The largest absolute Gasteiger partial charge is 0.330 e. The predicted octanol–water partition coefficient (Wildman–Crippen LogP) is 2.56. The summed E-state index contributed by atoms with van der Waals surface area (Å²) in [4.78, 5) is 1.34. The summed E-state index contributed by atoms with van der Waals surface area (Å²) < 4.78 is 0. The van der Waals surface area contributed by atoms with Crippen LogP contribution in [0.4, 0.5) is 0 Å². The number of hydrogen-bond donors (Lipinski definition) is 2. The van der Waals surface area contributed by atoms with Crippen LogP contribution >= 0.6 is 36.6 Å². The zero-order chi connectivity index (χ0) is 10.1. The molecule has 3 N–H and O–H groups in total. The molecule has 5 heteroatoms. The molecular weight excluding hydrogens is 263 g/mol. The van der Waals surface area contributed by atoms with E-state index >= 15 is 0 Å². The van der Waals surface area contributed by atoms with Crippen molar-refractivity contribution in [2.45, 2.75) is 11.3 Å². The third-order valence-corrected chi connectivity index (χ3v) is 2.86. The summed E-state index contributed by atoms with van der Waals surface area (Å²) in [5.74, 6) is 1.12. The molecule has 1 aromatic carbocycles. The highest BCUT2D eigenvalue weighted by Crippen LogP contribution is 2.15. The molecule has 0 fully saturated rings. The number of nitrogens with one attached hydrogen (secondary N) is 1. The molecule has 0 saturated heterocycles. The van der Waals surface area contributed by atoms with Crippen LogP contribution in [0.3, 0.4) is 0 Å². The first-order chi connectivity index (χ1) is 6.93. The van der Waals surface area contributed by atoms with E-state index in [1.54, 1.807) is 0 Å². The molecule has 0 atom stereocenters. The second-order valence-corrected chi connectivity index (χ2v) is 4.22. The maximum absolute atomic E-state index is 5.39. The van der Waals surface area contributed by atoms with Crippen molar-refractivity contribution < 1.29 is 0 Å². The molecule has 94 valence electrons. The Labute approximate surface area is 115 Å². The fraction of sp³-hybridized carbons (Fsp3) is 0.455. The van der Waals surface area contributed by atoms with Crippen LogP contribution in [0.25, 0.3) is 0 Å². The third-order valence-electron chi connectivity index (χ3n) is 1.85. The van der Waals surface area contributed by atoms with E-state index in [0.717, 1.165) is 31.8 Å². The zero-order valence-electron chi connectivity index (χ0n) is 9.22. The summed E-state index contributed by atoms with van der Waals surface area (Å²) in [6.45, 7) is 2.87. The van der Waals surface area contributed by atoms with Crippen molar-refractivity contribution >= 4 is 36.6 Å². The average Bonchev–Trinajstić information content (AvgIpc) is 2.25. The molecular formula is C11H20Cl2N2S. The van der Waals surface area contributed by atoms with Gasteiger partial charge in [-0.15, -0.1) is 36.6 Å². The molecule has 0 radical (unpaired) electrons. The quantitative estimate of drug-likeness (QED) is 0.596. The van der Waals surface area contributed by atoms with Crippen LogP contribution in [0.1, 0.15) is 6.42 Å². The lowest BCUT2D eigenvalue weighted by molar-refractivity contribution is 0.683. The summed E-state index contributed by atoms with van der Waals surface area (Å²) in [7, 11) is 0. The van der Waals surface area contributed by atoms with Gasteiger partial charge >= 0.3 is 0 Å². The first-order valence-corrected chi connectivity index (χ1v) is 6.00. The minimum absolute atomic E-state index is 0. The molecule has 0 saturated carbocycles. The van der Waals surface area contributed by atoms with Crippen molar-refractivity contribution in [3.63, 3.8) is 0 Å². The molecule has 0 aliphatic heterocycles. The lowest BCUT2D eigenvalue weighted by Crippen LogP contribution is -2.20. The van der Waals surface area contributed by atoms with Crippen molar-refractivity contribution in [2.24, 2.45) is 5.73 Å². The summed E-state index contributed by atoms with van der Waals surface area (Å²) in [5, 5.41) is 3.36. The Hall–Kier alpha value is 0.0700. The van der Waals surface area contributed by atoms with E-state index in [-0.39, 0.29) is 24.8 Å². The number of thioether (sulfide) groups is 1. The van der Waals surface area contributed by atoms with E-state index in [9.17, 15) is 0 Å². The average molecular weight is 283 g/mol. The number of hydrogen-bond acceptors (Lipinski definition) is 3. The highest BCUT2D eigenvalue weighted by molar-refractivity contribution is 7.99. The molecule has 0 aromatic heterocycles. The fourth-order valence-corrected chi connectivity index (χ4v) is 1.94. The molecule has 16 heavy (non-hydrogen) atoms. The molecule has 0 unspecified atom stereocenters. The minimum Gasteiger partial charge on any atom is -0.330 e. The zero-order valence-corrected chi connectivity index (χ0v) is 11.7. The van der Waals surface area contributed by atoms with Gasteiger partial charge in [-0.3, -0.25) is 0 Å². The van der Waals surface area contributed by atoms with E-state index in [2.05, 4.69) is 29.6 Å². The number of nitrogens with two attached hydrogens (primary N) is 1. The monoisotopic (exact) mass is 282 g/mol. The van der Waals surface area contributed by atoms with E-state index < -0.39 is 0 Å². The van der Waals surface area contributed by atoms with Crippen molar-refractivity contribution in [1.82, 2.24) is 5.32 Å². The summed E-state index contributed by atoms with van der Waals surface area (Å²) in [6.07, 6.45) is 1.07. The van der Waals surface area contributed by atoms with E-state index in [1.165, 1.54) is 4.90 Å². The third kappa shape index (κ3) is 9.31. The van der Waals surface area contributed by atoms with Gasteiger partial charge in [-0.2, -0.15) is 0 Å². The Balaban J connectivity index is 0. The van der Waals surface area contributed by atoms with Crippen LogP contribution in [-0.2, 0) is 0 Å². The molecule has 0 heterocycles. The SMILES string of the molecule is Cl.Cl.NCCCNCCSc1ccccc1. The second kappa shape index (κ2) is 13.1. The molecule has 1 rings (SSSR count). The Morgan fingerprint density at radius 2 is 1.75 bits per heavy atom. The van der Waals surface area contributed by atoms with Gasteiger partial charge < -0.3 is 11.1 Å². The number of halogens is 2. The van der Waals surface area contributed by atoms with Crippen LogP contribution in [0, 0.1) is 0 Å². The topological polar surface area (TPSA) is 38.0 Å². The van der Waals surface area contributed by atoms with Crippen molar-refractivity contribution in [3.05, 3.63) is 30.3 Å². The van der Waals surface area contributed by atoms with Crippen LogP contribution < -0.4 is 11.1 Å². The smallest absolute Gasteiger partial charge is 0.0106 e. The Morgan fingerprint density at radius 3 is 2.38 bits per heavy atom. The maximum Gasteiger partial charge on any atom is 0.0106 e. The van der Waals surface area contributed by atoms with Crippen LogP contribution in [-0.4, -0.2) is 25.4 Å². The van der Waals surface area contributed by atoms with Crippen molar-refractivity contribution in [1.29, 1.82) is 0 Å². The van der Waals surface area contributed by atoms with Crippen LogP contribution in [0.15, 0.2) is 35.2 Å². The molecule has 2 nitrogen and oxygen atoms in total. The van der Waals surface area contributed by atoms with Gasteiger partial charge in [-0.1, -0.05) is 18.2 Å². The lowest BCUT2D eigenvalue weighted by atomic mass is 10.4. The lowest BCUT2D eigenvalue weighted by Gasteiger charge is -2.03. The molecule has 0 amide bonds. The summed E-state index contributed by atoms with van der Waals surface area (Å²) in [6, 6.07) is 10.5. The van der Waals surface area contributed by atoms with Gasteiger partial charge in [0.25, 0.3) is 0 Å². The van der Waals surface area contributed by atoms with Crippen LogP contribution in [0.5, 0.6) is 0 Å². The van der Waals surface area contributed by atoms with Gasteiger partial charge in [0.15, 0.2) is 0 Å². The van der Waals surface area contributed by atoms with Gasteiger partial charge in [0, 0.05) is 17.2 Å². The first kappa shape index (κ1) is 18.4. The maximum atomic E-state index is 5.39. The fourth-order valence-electron chi connectivity index (χ4n) is 1.11. The first-order valence-electron chi connectivity index (χ1n) is 5.02.